The fourth-order valence-corrected chi connectivity index (χ4v) is 1.29. The van der Waals surface area contributed by atoms with Crippen LogP contribution in [-0.4, -0.2) is 29.8 Å². The smallest absolute Gasteiger partial charge is 0.127 e. The number of hydrogen-bond acceptors (Lipinski definition) is 4. The quantitative estimate of drug-likeness (QED) is 0.688. The Morgan fingerprint density at radius 3 is 2.73 bits per heavy atom. The van der Waals surface area contributed by atoms with E-state index in [-0.39, 0.29) is 12.6 Å². The van der Waals surface area contributed by atoms with Crippen molar-refractivity contribution >= 4 is 11.5 Å². The van der Waals surface area contributed by atoms with Gasteiger partial charge in [-0.15, -0.1) is 0 Å². The van der Waals surface area contributed by atoms with Crippen LogP contribution in [0.5, 0.6) is 0 Å². The number of aliphatic hydroxyl groups is 1. The van der Waals surface area contributed by atoms with Gasteiger partial charge in [0.25, 0.3) is 0 Å². The van der Waals surface area contributed by atoms with E-state index in [1.807, 2.05) is 19.2 Å². The highest BCUT2D eigenvalue weighted by molar-refractivity contribution is 5.52. The van der Waals surface area contributed by atoms with Crippen molar-refractivity contribution in [1.82, 2.24) is 4.98 Å². The number of aromatic nitrogens is 1. The second-order valence-electron chi connectivity index (χ2n) is 3.86. The molecule has 1 unspecified atom stereocenters. The van der Waals surface area contributed by atoms with Gasteiger partial charge in [0.05, 0.1) is 12.6 Å². The average Bonchev–Trinajstić information content (AvgIpc) is 2.25. The van der Waals surface area contributed by atoms with Crippen molar-refractivity contribution in [2.75, 3.05) is 24.3 Å². The Balaban J connectivity index is 2.70. The molecule has 0 radical (unpaired) electrons. The number of rotatable bonds is 5. The van der Waals surface area contributed by atoms with Gasteiger partial charge >= 0.3 is 0 Å². The molecule has 1 aromatic rings. The van der Waals surface area contributed by atoms with Crippen LogP contribution in [0.25, 0.3) is 0 Å². The third kappa shape index (κ3) is 3.40. The first kappa shape index (κ1) is 11.8. The van der Waals surface area contributed by atoms with Crippen LogP contribution in [-0.2, 0) is 0 Å². The third-order valence-corrected chi connectivity index (χ3v) is 2.37. The Kier molecular flexibility index (Phi) is 4.37. The molecule has 15 heavy (non-hydrogen) atoms. The van der Waals surface area contributed by atoms with Crippen molar-refractivity contribution in [3.05, 3.63) is 18.3 Å². The molecule has 0 saturated heterocycles. The molecule has 0 aliphatic rings. The van der Waals surface area contributed by atoms with Crippen LogP contribution in [0.1, 0.15) is 13.8 Å². The maximum atomic E-state index is 9.19. The lowest BCUT2D eigenvalue weighted by Gasteiger charge is -2.21. The summed E-state index contributed by atoms with van der Waals surface area (Å²) in [6.07, 6.45) is 1.74. The van der Waals surface area contributed by atoms with Crippen LogP contribution >= 0.6 is 0 Å². The van der Waals surface area contributed by atoms with Gasteiger partial charge in [-0.3, -0.25) is 0 Å². The Hall–Kier alpha value is -1.29. The Labute approximate surface area is 90.7 Å². The summed E-state index contributed by atoms with van der Waals surface area (Å²) in [5.41, 5.74) is 0.974. The largest absolute Gasteiger partial charge is 0.394 e. The average molecular weight is 209 g/mol. The Bertz CT molecular complexity index is 302. The van der Waals surface area contributed by atoms with Gasteiger partial charge in [0.15, 0.2) is 0 Å². The highest BCUT2D eigenvalue weighted by Gasteiger charge is 2.11. The number of nitrogens with zero attached hydrogens (tertiary/aromatic N) is 1. The standard InChI is InChI=1S/C11H19N3O/c1-8(2)10(7-15)14-9-4-5-13-11(6-9)12-3/h4-6,8,10,15H,7H2,1-3H3,(H2,12,13,14). The molecule has 0 fully saturated rings. The van der Waals surface area contributed by atoms with Gasteiger partial charge in [-0.25, -0.2) is 4.98 Å². The highest BCUT2D eigenvalue weighted by atomic mass is 16.3. The van der Waals surface area contributed by atoms with E-state index in [9.17, 15) is 5.11 Å². The maximum absolute atomic E-state index is 9.19. The number of nitrogens with one attached hydrogen (secondary N) is 2. The molecule has 3 N–H and O–H groups in total. The van der Waals surface area contributed by atoms with Crippen LogP contribution in [0.4, 0.5) is 11.5 Å². The Morgan fingerprint density at radius 1 is 1.47 bits per heavy atom. The van der Waals surface area contributed by atoms with Gasteiger partial charge in [0.2, 0.25) is 0 Å². The van der Waals surface area contributed by atoms with E-state index in [1.165, 1.54) is 0 Å². The van der Waals surface area contributed by atoms with Crippen molar-refractivity contribution in [3.63, 3.8) is 0 Å². The SMILES string of the molecule is CNc1cc(NC(CO)C(C)C)ccn1. The first-order valence-corrected chi connectivity index (χ1v) is 5.18. The number of anilines is 2. The van der Waals surface area contributed by atoms with Gasteiger partial charge in [0, 0.05) is 25.0 Å². The zero-order valence-corrected chi connectivity index (χ0v) is 9.49. The van der Waals surface area contributed by atoms with Gasteiger partial charge < -0.3 is 15.7 Å². The molecular weight excluding hydrogens is 190 g/mol. The van der Waals surface area contributed by atoms with Crippen LogP contribution in [0.15, 0.2) is 18.3 Å². The van der Waals surface area contributed by atoms with Crippen molar-refractivity contribution in [2.45, 2.75) is 19.9 Å². The lowest BCUT2D eigenvalue weighted by Crippen LogP contribution is -2.29. The summed E-state index contributed by atoms with van der Waals surface area (Å²) in [6.45, 7) is 4.29. The molecule has 0 saturated carbocycles. The topological polar surface area (TPSA) is 57.2 Å². The summed E-state index contributed by atoms with van der Waals surface area (Å²) >= 11 is 0. The van der Waals surface area contributed by atoms with E-state index in [0.29, 0.717) is 5.92 Å². The zero-order valence-electron chi connectivity index (χ0n) is 9.49. The van der Waals surface area contributed by atoms with E-state index in [2.05, 4.69) is 29.5 Å². The van der Waals surface area contributed by atoms with Gasteiger partial charge in [0.1, 0.15) is 5.82 Å². The molecule has 84 valence electrons. The summed E-state index contributed by atoms with van der Waals surface area (Å²) < 4.78 is 0. The van der Waals surface area contributed by atoms with Gasteiger partial charge in [-0.2, -0.15) is 0 Å². The van der Waals surface area contributed by atoms with E-state index >= 15 is 0 Å². The van der Waals surface area contributed by atoms with Crippen LogP contribution in [0.2, 0.25) is 0 Å². The molecule has 0 bridgehead atoms. The van der Waals surface area contributed by atoms with Gasteiger partial charge in [-0.05, 0) is 12.0 Å². The molecule has 4 heteroatoms. The van der Waals surface area contributed by atoms with Crippen LogP contribution < -0.4 is 10.6 Å². The monoisotopic (exact) mass is 209 g/mol. The van der Waals surface area contributed by atoms with Crippen molar-refractivity contribution in [1.29, 1.82) is 0 Å². The molecule has 4 nitrogen and oxygen atoms in total. The van der Waals surface area contributed by atoms with Crippen molar-refractivity contribution < 1.29 is 5.11 Å². The van der Waals surface area contributed by atoms with Crippen LogP contribution in [0.3, 0.4) is 0 Å². The molecule has 1 rings (SSSR count). The van der Waals surface area contributed by atoms with E-state index in [1.54, 1.807) is 6.20 Å². The second-order valence-corrected chi connectivity index (χ2v) is 3.86. The van der Waals surface area contributed by atoms with Gasteiger partial charge in [-0.1, -0.05) is 13.8 Å². The first-order valence-electron chi connectivity index (χ1n) is 5.18. The minimum absolute atomic E-state index is 0.0807. The third-order valence-electron chi connectivity index (χ3n) is 2.37. The summed E-state index contributed by atoms with van der Waals surface area (Å²) in [5.74, 6) is 1.21. The predicted octanol–water partition coefficient (Wildman–Crippen LogP) is 1.55. The normalized spacial score (nSPS) is 12.6. The highest BCUT2D eigenvalue weighted by Crippen LogP contribution is 2.15. The van der Waals surface area contributed by atoms with Crippen molar-refractivity contribution in [3.8, 4) is 0 Å². The Morgan fingerprint density at radius 2 is 2.20 bits per heavy atom. The van der Waals surface area contributed by atoms with E-state index in [0.717, 1.165) is 11.5 Å². The predicted molar refractivity (Wildman–Crippen MR) is 63.1 cm³/mol. The lowest BCUT2D eigenvalue weighted by molar-refractivity contribution is 0.249. The fourth-order valence-electron chi connectivity index (χ4n) is 1.29. The number of aliphatic hydroxyl groups excluding tert-OH is 1. The molecule has 0 spiro atoms. The molecular formula is C11H19N3O. The van der Waals surface area contributed by atoms with E-state index < -0.39 is 0 Å². The summed E-state index contributed by atoms with van der Waals surface area (Å²) in [7, 11) is 1.83. The molecule has 1 heterocycles. The zero-order chi connectivity index (χ0) is 11.3. The number of pyridine rings is 1. The molecule has 1 aromatic heterocycles. The molecule has 0 aliphatic heterocycles. The number of hydrogen-bond donors (Lipinski definition) is 3. The minimum atomic E-state index is 0.0807. The van der Waals surface area contributed by atoms with Crippen molar-refractivity contribution in [2.24, 2.45) is 5.92 Å². The summed E-state index contributed by atoms with van der Waals surface area (Å²) in [5, 5.41) is 15.4. The minimum Gasteiger partial charge on any atom is -0.394 e. The molecule has 0 aromatic carbocycles. The summed E-state index contributed by atoms with van der Waals surface area (Å²) in [4.78, 5) is 4.12. The first-order chi connectivity index (χ1) is 7.17. The van der Waals surface area contributed by atoms with Crippen LogP contribution in [0, 0.1) is 5.92 Å². The molecule has 0 aliphatic carbocycles. The molecule has 0 amide bonds. The van der Waals surface area contributed by atoms with E-state index in [4.69, 9.17) is 0 Å². The fraction of sp³-hybridized carbons (Fsp3) is 0.545. The maximum Gasteiger partial charge on any atom is 0.127 e. The lowest BCUT2D eigenvalue weighted by atomic mass is 10.1. The summed E-state index contributed by atoms with van der Waals surface area (Å²) in [6, 6.07) is 3.90. The molecule has 1 atom stereocenters. The second kappa shape index (κ2) is 5.56.